The fourth-order valence-electron chi connectivity index (χ4n) is 3.60. The van der Waals surface area contributed by atoms with Crippen molar-refractivity contribution in [3.8, 4) is 0 Å². The Bertz CT molecular complexity index is 1000. The lowest BCUT2D eigenvalue weighted by Gasteiger charge is -2.18. The van der Waals surface area contributed by atoms with Crippen LogP contribution >= 0.6 is 11.8 Å². The molecule has 0 bridgehead atoms. The van der Waals surface area contributed by atoms with Crippen molar-refractivity contribution >= 4 is 33.3 Å². The summed E-state index contributed by atoms with van der Waals surface area (Å²) < 4.78 is 33.1. The molecular weight excluding hydrogens is 414 g/mol. The number of fused-ring (bicyclic) bond motifs is 1. The summed E-state index contributed by atoms with van der Waals surface area (Å²) in [7, 11) is -3.29. The quantitative estimate of drug-likeness (QED) is 0.452. The lowest BCUT2D eigenvalue weighted by Crippen LogP contribution is -2.30. The van der Waals surface area contributed by atoms with Crippen LogP contribution in [0.2, 0.25) is 0 Å². The van der Waals surface area contributed by atoms with Crippen LogP contribution in [0.1, 0.15) is 35.7 Å². The number of carbonyl (C=O) groups excluding carboxylic acids is 1. The fraction of sp³-hybridized carbons (Fsp3) is 0.556. The number of ketones is 1. The van der Waals surface area contributed by atoms with E-state index in [1.54, 1.807) is 29.8 Å². The molecule has 1 aromatic carbocycles. The number of tetrazole rings is 1. The second-order valence-corrected chi connectivity index (χ2v) is 10.2. The van der Waals surface area contributed by atoms with Crippen molar-refractivity contribution in [1.29, 1.82) is 0 Å². The first-order chi connectivity index (χ1) is 14.0. The van der Waals surface area contributed by atoms with Crippen molar-refractivity contribution in [3.63, 3.8) is 0 Å². The smallest absolute Gasteiger partial charge is 0.234 e. The maximum absolute atomic E-state index is 12.7. The average molecular weight is 438 g/mol. The van der Waals surface area contributed by atoms with Crippen molar-refractivity contribution in [2.45, 2.75) is 44.0 Å². The molecule has 1 atom stereocenters. The van der Waals surface area contributed by atoms with Crippen LogP contribution < -0.4 is 4.31 Å². The largest absolute Gasteiger partial charge is 0.376 e. The summed E-state index contributed by atoms with van der Waals surface area (Å²) in [6.45, 7) is 3.41. The third-order valence-corrected chi connectivity index (χ3v) is 7.92. The van der Waals surface area contributed by atoms with Gasteiger partial charge in [0.2, 0.25) is 15.2 Å². The van der Waals surface area contributed by atoms with Gasteiger partial charge in [0, 0.05) is 18.7 Å². The summed E-state index contributed by atoms with van der Waals surface area (Å²) in [5.74, 6) is 0.229. The molecule has 2 aliphatic heterocycles. The Labute approximate surface area is 173 Å². The minimum absolute atomic E-state index is 0.0405. The molecule has 2 aliphatic rings. The zero-order chi connectivity index (χ0) is 20.4. The van der Waals surface area contributed by atoms with Crippen molar-refractivity contribution in [3.05, 3.63) is 29.3 Å². The number of nitrogens with zero attached hydrogens (tertiary/aromatic N) is 5. The van der Waals surface area contributed by atoms with Crippen LogP contribution in [0.25, 0.3) is 0 Å². The molecule has 29 heavy (non-hydrogen) atoms. The van der Waals surface area contributed by atoms with Gasteiger partial charge in [0.1, 0.15) is 0 Å². The number of hydrogen-bond acceptors (Lipinski definition) is 8. The molecule has 0 N–H and O–H groups in total. The molecule has 4 rings (SSSR count). The predicted molar refractivity (Wildman–Crippen MR) is 109 cm³/mol. The van der Waals surface area contributed by atoms with Gasteiger partial charge in [-0.15, -0.1) is 5.10 Å². The lowest BCUT2D eigenvalue weighted by molar-refractivity contribution is 0.0912. The second-order valence-electron chi connectivity index (χ2n) is 7.06. The first kappa shape index (κ1) is 20.3. The third kappa shape index (κ3) is 4.31. The predicted octanol–water partition coefficient (Wildman–Crippen LogP) is 1.54. The number of anilines is 1. The Hall–Kier alpha value is -1.98. The molecule has 2 aromatic rings. The lowest BCUT2D eigenvalue weighted by atomic mass is 10.1. The first-order valence-corrected chi connectivity index (χ1v) is 12.2. The van der Waals surface area contributed by atoms with Crippen LogP contribution in [-0.4, -0.2) is 65.2 Å². The van der Waals surface area contributed by atoms with Crippen molar-refractivity contribution in [1.82, 2.24) is 20.2 Å². The number of aromatic nitrogens is 4. The molecule has 1 aromatic heterocycles. The van der Waals surface area contributed by atoms with E-state index in [2.05, 4.69) is 15.5 Å². The number of rotatable bonds is 8. The van der Waals surface area contributed by atoms with Crippen molar-refractivity contribution < 1.29 is 17.9 Å². The Morgan fingerprint density at radius 3 is 3.00 bits per heavy atom. The van der Waals surface area contributed by atoms with Crippen LogP contribution in [-0.2, 0) is 27.7 Å². The van der Waals surface area contributed by atoms with Gasteiger partial charge in [-0.25, -0.2) is 13.1 Å². The molecule has 1 saturated heterocycles. The summed E-state index contributed by atoms with van der Waals surface area (Å²) in [5.41, 5.74) is 2.14. The second kappa shape index (κ2) is 8.41. The SMILES string of the molecule is CCS(=O)(=O)N1CCc2cc(C(=O)CSc3nnnn3C[C@H]3CCCO3)ccc21. The topological polar surface area (TPSA) is 107 Å². The van der Waals surface area contributed by atoms with Crippen molar-refractivity contribution in [2.24, 2.45) is 0 Å². The molecule has 0 unspecified atom stereocenters. The van der Waals surface area contributed by atoms with Gasteiger partial charge in [0.25, 0.3) is 0 Å². The standard InChI is InChI=1S/C18H23N5O4S2/c1-2-29(25,26)23-8-7-13-10-14(5-6-16(13)23)17(24)12-28-18-19-20-21-22(18)11-15-4-3-9-27-15/h5-6,10,15H,2-4,7-9,11-12H2,1H3/t15-/m1/s1. The van der Waals surface area contributed by atoms with Crippen LogP contribution in [0.3, 0.4) is 0 Å². The molecule has 1 fully saturated rings. The van der Waals surface area contributed by atoms with E-state index in [9.17, 15) is 13.2 Å². The Kier molecular flexibility index (Phi) is 5.88. The zero-order valence-electron chi connectivity index (χ0n) is 16.2. The molecule has 9 nitrogen and oxygen atoms in total. The van der Waals surface area contributed by atoms with Gasteiger partial charge in [0.05, 0.1) is 29.8 Å². The van der Waals surface area contributed by atoms with Crippen LogP contribution in [0.5, 0.6) is 0 Å². The third-order valence-electron chi connectivity index (χ3n) is 5.19. The number of sulfonamides is 1. The van der Waals surface area contributed by atoms with E-state index in [0.29, 0.717) is 35.9 Å². The normalized spacial score (nSPS) is 18.9. The van der Waals surface area contributed by atoms with Gasteiger partial charge in [-0.2, -0.15) is 0 Å². The van der Waals surface area contributed by atoms with E-state index < -0.39 is 10.0 Å². The maximum Gasteiger partial charge on any atom is 0.234 e. The Morgan fingerprint density at radius 1 is 1.38 bits per heavy atom. The fourth-order valence-corrected chi connectivity index (χ4v) is 5.54. The number of carbonyl (C=O) groups is 1. The molecular formula is C18H23N5O4S2. The van der Waals surface area contributed by atoms with Crippen LogP contribution in [0, 0.1) is 0 Å². The van der Waals surface area contributed by atoms with Crippen LogP contribution in [0.15, 0.2) is 23.4 Å². The first-order valence-electron chi connectivity index (χ1n) is 9.65. The Morgan fingerprint density at radius 2 is 2.24 bits per heavy atom. The number of ether oxygens (including phenoxy) is 1. The number of thioether (sulfide) groups is 1. The molecule has 0 amide bonds. The van der Waals surface area contributed by atoms with Gasteiger partial charge in [-0.3, -0.25) is 9.10 Å². The average Bonchev–Trinajstić information content (AvgIpc) is 3.47. The zero-order valence-corrected chi connectivity index (χ0v) is 17.8. The van der Waals surface area contributed by atoms with Gasteiger partial charge in [0.15, 0.2) is 5.78 Å². The summed E-state index contributed by atoms with van der Waals surface area (Å²) in [6.07, 6.45) is 2.77. The molecule has 0 radical (unpaired) electrons. The highest BCUT2D eigenvalue weighted by Crippen LogP contribution is 2.31. The molecule has 156 valence electrons. The van der Waals surface area contributed by atoms with Crippen molar-refractivity contribution in [2.75, 3.05) is 29.0 Å². The summed E-state index contributed by atoms with van der Waals surface area (Å²) in [4.78, 5) is 12.7. The molecule has 0 spiro atoms. The molecule has 0 aliphatic carbocycles. The van der Waals surface area contributed by atoms with E-state index in [4.69, 9.17) is 4.74 Å². The minimum atomic E-state index is -3.29. The number of benzene rings is 1. The van der Waals surface area contributed by atoms with E-state index in [1.807, 2.05) is 0 Å². The van der Waals surface area contributed by atoms with Gasteiger partial charge in [-0.05, 0) is 60.4 Å². The number of Topliss-reactive ketones (excluding diaryl/α,β-unsaturated/α-hetero) is 1. The summed E-state index contributed by atoms with van der Waals surface area (Å²) in [6, 6.07) is 5.23. The molecule has 0 saturated carbocycles. The highest BCUT2D eigenvalue weighted by molar-refractivity contribution is 7.99. The minimum Gasteiger partial charge on any atom is -0.376 e. The van der Waals surface area contributed by atoms with Gasteiger partial charge in [-0.1, -0.05) is 11.8 Å². The van der Waals surface area contributed by atoms with E-state index in [0.717, 1.165) is 25.0 Å². The van der Waals surface area contributed by atoms with Gasteiger partial charge < -0.3 is 4.74 Å². The molecule has 3 heterocycles. The summed E-state index contributed by atoms with van der Waals surface area (Å²) in [5, 5.41) is 12.3. The van der Waals surface area contributed by atoms with E-state index in [-0.39, 0.29) is 23.4 Å². The highest BCUT2D eigenvalue weighted by Gasteiger charge is 2.28. The Balaban J connectivity index is 1.41. The number of hydrogen-bond donors (Lipinski definition) is 0. The monoisotopic (exact) mass is 437 g/mol. The summed E-state index contributed by atoms with van der Waals surface area (Å²) >= 11 is 1.30. The van der Waals surface area contributed by atoms with Gasteiger partial charge >= 0.3 is 0 Å². The highest BCUT2D eigenvalue weighted by atomic mass is 32.2. The van der Waals surface area contributed by atoms with E-state index >= 15 is 0 Å². The maximum atomic E-state index is 12.7. The van der Waals surface area contributed by atoms with E-state index in [1.165, 1.54) is 16.1 Å². The molecule has 11 heteroatoms. The van der Waals surface area contributed by atoms with Crippen LogP contribution in [0.4, 0.5) is 5.69 Å².